The number of aromatic nitrogens is 1. The maximum absolute atomic E-state index is 12.2. The summed E-state index contributed by atoms with van der Waals surface area (Å²) >= 11 is 0. The zero-order chi connectivity index (χ0) is 16.1. The largest absolute Gasteiger partial charge is 0.348 e. The third-order valence-corrected chi connectivity index (χ3v) is 4.10. The van der Waals surface area contributed by atoms with Crippen molar-refractivity contribution in [2.45, 2.75) is 39.7 Å². The van der Waals surface area contributed by atoms with Crippen LogP contribution in [0.4, 0.5) is 0 Å². The molecule has 120 valence electrons. The fourth-order valence-corrected chi connectivity index (χ4v) is 3.06. The fourth-order valence-electron chi connectivity index (χ4n) is 3.06. The molecule has 2 atom stereocenters. The Morgan fingerprint density at radius 1 is 1.36 bits per heavy atom. The number of rotatable bonds is 4. The molecule has 0 spiro atoms. The average molecular weight is 303 g/mol. The molecule has 1 aliphatic rings. The first-order valence-electron chi connectivity index (χ1n) is 7.96. The van der Waals surface area contributed by atoms with Gasteiger partial charge in [-0.2, -0.15) is 0 Å². The van der Waals surface area contributed by atoms with Crippen molar-refractivity contribution < 1.29 is 9.59 Å². The average Bonchev–Trinajstić information content (AvgIpc) is 2.52. The van der Waals surface area contributed by atoms with Crippen molar-refractivity contribution in [1.82, 2.24) is 15.2 Å². The molecule has 1 aromatic rings. The van der Waals surface area contributed by atoms with Crippen LogP contribution in [0.5, 0.6) is 0 Å². The van der Waals surface area contributed by atoms with Crippen molar-refractivity contribution in [2.75, 3.05) is 13.1 Å². The summed E-state index contributed by atoms with van der Waals surface area (Å²) in [6.07, 6.45) is 3.69. The van der Waals surface area contributed by atoms with Gasteiger partial charge in [-0.1, -0.05) is 19.9 Å². The summed E-state index contributed by atoms with van der Waals surface area (Å²) in [7, 11) is 0. The highest BCUT2D eigenvalue weighted by Gasteiger charge is 2.32. The van der Waals surface area contributed by atoms with Gasteiger partial charge >= 0.3 is 0 Å². The van der Waals surface area contributed by atoms with Gasteiger partial charge in [0.1, 0.15) is 0 Å². The lowest BCUT2D eigenvalue weighted by atomic mass is 9.88. The van der Waals surface area contributed by atoms with Gasteiger partial charge in [-0.3, -0.25) is 14.6 Å². The van der Waals surface area contributed by atoms with E-state index in [0.29, 0.717) is 6.54 Å². The minimum atomic E-state index is -0.138. The molecule has 2 amide bonds. The summed E-state index contributed by atoms with van der Waals surface area (Å²) in [5.74, 6) is 0.332. The molecule has 2 heterocycles. The zero-order valence-corrected chi connectivity index (χ0v) is 13.6. The number of carbonyl (C=O) groups excluding carboxylic acids is 2. The van der Waals surface area contributed by atoms with E-state index < -0.39 is 0 Å². The SMILES string of the molecule is CC(=O)N[C@@H](c1ccccn1)[C@H]1CCCN(C(=O)C(C)C)C1. The summed E-state index contributed by atoms with van der Waals surface area (Å²) in [4.78, 5) is 30.1. The minimum absolute atomic E-state index is 0.00724. The highest BCUT2D eigenvalue weighted by Crippen LogP contribution is 2.29. The molecule has 22 heavy (non-hydrogen) atoms. The molecule has 2 rings (SSSR count). The number of pyridine rings is 1. The van der Waals surface area contributed by atoms with E-state index in [1.165, 1.54) is 6.92 Å². The Morgan fingerprint density at radius 3 is 2.73 bits per heavy atom. The second kappa shape index (κ2) is 7.38. The highest BCUT2D eigenvalue weighted by molar-refractivity contribution is 5.78. The highest BCUT2D eigenvalue weighted by atomic mass is 16.2. The molecule has 1 N–H and O–H groups in total. The first-order valence-corrected chi connectivity index (χ1v) is 7.96. The van der Waals surface area contributed by atoms with Crippen molar-refractivity contribution in [3.63, 3.8) is 0 Å². The summed E-state index contributed by atoms with van der Waals surface area (Å²) in [5.41, 5.74) is 0.863. The smallest absolute Gasteiger partial charge is 0.225 e. The molecule has 1 saturated heterocycles. The van der Waals surface area contributed by atoms with Crippen LogP contribution in [0.25, 0.3) is 0 Å². The van der Waals surface area contributed by atoms with Crippen LogP contribution in [0, 0.1) is 11.8 Å². The number of hydrogen-bond donors (Lipinski definition) is 1. The molecule has 0 aromatic carbocycles. The fraction of sp³-hybridized carbons (Fsp3) is 0.588. The quantitative estimate of drug-likeness (QED) is 0.927. The molecule has 0 unspecified atom stereocenters. The lowest BCUT2D eigenvalue weighted by Crippen LogP contribution is -2.46. The van der Waals surface area contributed by atoms with Gasteiger partial charge in [0, 0.05) is 38.0 Å². The number of nitrogens with zero attached hydrogens (tertiary/aromatic N) is 2. The topological polar surface area (TPSA) is 62.3 Å². The van der Waals surface area contributed by atoms with E-state index in [4.69, 9.17) is 0 Å². The van der Waals surface area contributed by atoms with Crippen LogP contribution in [0.1, 0.15) is 45.3 Å². The normalized spacial score (nSPS) is 19.8. The Bertz CT molecular complexity index is 516. The number of amides is 2. The predicted octanol–water partition coefficient (Wildman–Crippen LogP) is 2.15. The molecule has 5 heteroatoms. The molecular formula is C17H25N3O2. The first kappa shape index (κ1) is 16.5. The Labute approximate surface area is 132 Å². The van der Waals surface area contributed by atoms with Crippen molar-refractivity contribution in [1.29, 1.82) is 0 Å². The van der Waals surface area contributed by atoms with Crippen LogP contribution in [0.3, 0.4) is 0 Å². The third kappa shape index (κ3) is 4.06. The number of piperidine rings is 1. The van der Waals surface area contributed by atoms with Crippen LogP contribution in [0.2, 0.25) is 0 Å². The van der Waals surface area contributed by atoms with Crippen LogP contribution in [0.15, 0.2) is 24.4 Å². The van der Waals surface area contributed by atoms with Crippen LogP contribution in [-0.2, 0) is 9.59 Å². The molecule has 0 aliphatic carbocycles. The van der Waals surface area contributed by atoms with E-state index in [2.05, 4.69) is 10.3 Å². The lowest BCUT2D eigenvalue weighted by molar-refractivity contribution is -0.136. The summed E-state index contributed by atoms with van der Waals surface area (Å²) in [6.45, 7) is 6.86. The molecule has 5 nitrogen and oxygen atoms in total. The van der Waals surface area contributed by atoms with Gasteiger partial charge in [-0.25, -0.2) is 0 Å². The predicted molar refractivity (Wildman–Crippen MR) is 84.9 cm³/mol. The van der Waals surface area contributed by atoms with Crippen molar-refractivity contribution in [2.24, 2.45) is 11.8 Å². The molecule has 0 radical (unpaired) electrons. The number of nitrogens with one attached hydrogen (secondary N) is 1. The molecule has 1 aliphatic heterocycles. The van der Waals surface area contributed by atoms with Crippen molar-refractivity contribution >= 4 is 11.8 Å². The molecule has 0 bridgehead atoms. The van der Waals surface area contributed by atoms with Crippen LogP contribution in [-0.4, -0.2) is 34.8 Å². The second-order valence-electron chi connectivity index (χ2n) is 6.27. The Morgan fingerprint density at radius 2 is 2.14 bits per heavy atom. The Balaban J connectivity index is 2.17. The van der Waals surface area contributed by atoms with E-state index in [9.17, 15) is 9.59 Å². The number of hydrogen-bond acceptors (Lipinski definition) is 3. The first-order chi connectivity index (χ1) is 10.5. The second-order valence-corrected chi connectivity index (χ2v) is 6.27. The number of carbonyl (C=O) groups is 2. The Hall–Kier alpha value is -1.91. The van der Waals surface area contributed by atoms with Gasteiger partial charge in [0.2, 0.25) is 11.8 Å². The molecular weight excluding hydrogens is 278 g/mol. The summed E-state index contributed by atoms with van der Waals surface area (Å²) in [5, 5.41) is 3.02. The van der Waals surface area contributed by atoms with Gasteiger partial charge in [0.25, 0.3) is 0 Å². The van der Waals surface area contributed by atoms with Gasteiger partial charge in [-0.15, -0.1) is 0 Å². The van der Waals surface area contributed by atoms with Crippen LogP contribution < -0.4 is 5.32 Å². The van der Waals surface area contributed by atoms with Crippen LogP contribution >= 0.6 is 0 Å². The van der Waals surface area contributed by atoms with E-state index in [0.717, 1.165) is 25.1 Å². The van der Waals surface area contributed by atoms with E-state index in [-0.39, 0.29) is 29.7 Å². The van der Waals surface area contributed by atoms with Crippen molar-refractivity contribution in [3.05, 3.63) is 30.1 Å². The van der Waals surface area contributed by atoms with Gasteiger partial charge in [0.05, 0.1) is 11.7 Å². The molecule has 0 saturated carbocycles. The van der Waals surface area contributed by atoms with E-state index in [1.807, 2.05) is 36.9 Å². The van der Waals surface area contributed by atoms with Crippen molar-refractivity contribution in [3.8, 4) is 0 Å². The maximum Gasteiger partial charge on any atom is 0.225 e. The summed E-state index contributed by atoms with van der Waals surface area (Å²) in [6, 6.07) is 5.59. The minimum Gasteiger partial charge on any atom is -0.348 e. The van der Waals surface area contributed by atoms with Gasteiger partial charge in [-0.05, 0) is 25.0 Å². The lowest BCUT2D eigenvalue weighted by Gasteiger charge is -2.37. The standard InChI is InChI=1S/C17H25N3O2/c1-12(2)17(22)20-10-6-7-14(11-20)16(19-13(3)21)15-8-4-5-9-18-15/h4-5,8-9,12,14,16H,6-7,10-11H2,1-3H3,(H,19,21)/t14-,16+/m0/s1. The monoisotopic (exact) mass is 303 g/mol. The molecule has 1 fully saturated rings. The zero-order valence-electron chi connectivity index (χ0n) is 13.6. The third-order valence-electron chi connectivity index (χ3n) is 4.10. The summed E-state index contributed by atoms with van der Waals surface area (Å²) < 4.78 is 0. The molecule has 1 aromatic heterocycles. The van der Waals surface area contributed by atoms with Gasteiger partial charge < -0.3 is 10.2 Å². The van der Waals surface area contributed by atoms with E-state index in [1.54, 1.807) is 6.20 Å². The van der Waals surface area contributed by atoms with Gasteiger partial charge in [0.15, 0.2) is 0 Å². The number of likely N-dealkylation sites (tertiary alicyclic amines) is 1. The Kier molecular flexibility index (Phi) is 5.52. The van der Waals surface area contributed by atoms with E-state index >= 15 is 0 Å². The maximum atomic E-state index is 12.2.